The molecule has 0 aromatic heterocycles. The minimum absolute atomic E-state index is 0.00927. The van der Waals surface area contributed by atoms with E-state index in [9.17, 15) is 9.59 Å². The first-order valence-electron chi connectivity index (χ1n) is 7.97. The Labute approximate surface area is 143 Å². The van der Waals surface area contributed by atoms with E-state index in [-0.39, 0.29) is 24.9 Å². The van der Waals surface area contributed by atoms with Crippen LogP contribution in [-0.2, 0) is 16.1 Å². The molecule has 1 aromatic rings. The summed E-state index contributed by atoms with van der Waals surface area (Å²) in [5.74, 6) is 1.03. The third-order valence-corrected chi connectivity index (χ3v) is 3.62. The summed E-state index contributed by atoms with van der Waals surface area (Å²) in [5.41, 5.74) is 2.16. The smallest absolute Gasteiger partial charge is 0.275 e. The molecule has 0 saturated carbocycles. The second-order valence-electron chi connectivity index (χ2n) is 5.67. The zero-order valence-corrected chi connectivity index (χ0v) is 15.1. The molecule has 0 radical (unpaired) electrons. The first-order valence-corrected chi connectivity index (χ1v) is 7.97. The Balaban J connectivity index is 2.60. The average Bonchev–Trinajstić information content (AvgIpc) is 2.54. The predicted molar refractivity (Wildman–Crippen MR) is 91.4 cm³/mol. The number of methoxy groups -OCH3 is 2. The lowest BCUT2D eigenvalue weighted by Gasteiger charge is -2.17. The number of ether oxygens (including phenoxy) is 2. The summed E-state index contributed by atoms with van der Waals surface area (Å²) in [5, 5.41) is 5.26. The normalized spacial score (nSPS) is 11.5. The lowest BCUT2D eigenvalue weighted by atomic mass is 10.1. The van der Waals surface area contributed by atoms with Crippen LogP contribution in [0.3, 0.4) is 0 Å². The van der Waals surface area contributed by atoms with Crippen molar-refractivity contribution in [1.29, 1.82) is 0 Å². The van der Waals surface area contributed by atoms with Crippen LogP contribution in [0.1, 0.15) is 18.1 Å². The highest BCUT2D eigenvalue weighted by Crippen LogP contribution is 2.29. The number of likely N-dealkylation sites (N-methyl/N-ethyl adjacent to an activating group) is 2. The summed E-state index contributed by atoms with van der Waals surface area (Å²) < 4.78 is 10.6. The van der Waals surface area contributed by atoms with Crippen LogP contribution in [0.4, 0.5) is 0 Å². The summed E-state index contributed by atoms with van der Waals surface area (Å²) in [6.07, 6.45) is 0. The van der Waals surface area contributed by atoms with Gasteiger partial charge in [0.05, 0.1) is 27.8 Å². The maximum Gasteiger partial charge on any atom is 0.275 e. The molecule has 0 aliphatic carbocycles. The maximum atomic E-state index is 11.9. The number of quaternary nitrogens is 1. The Hall–Kier alpha value is -2.28. The molecule has 3 N–H and O–H groups in total. The van der Waals surface area contributed by atoms with Gasteiger partial charge < -0.3 is 25.0 Å². The number of benzene rings is 1. The van der Waals surface area contributed by atoms with Crippen molar-refractivity contribution in [3.05, 3.63) is 23.3 Å². The molecule has 0 bridgehead atoms. The summed E-state index contributed by atoms with van der Waals surface area (Å²) in [6.45, 7) is 5.35. The molecule has 7 heteroatoms. The van der Waals surface area contributed by atoms with Gasteiger partial charge in [0.15, 0.2) is 18.0 Å². The van der Waals surface area contributed by atoms with E-state index >= 15 is 0 Å². The number of rotatable bonds is 9. The second kappa shape index (κ2) is 9.77. The third kappa shape index (κ3) is 6.08. The minimum Gasteiger partial charge on any atom is -0.493 e. The van der Waals surface area contributed by atoms with Gasteiger partial charge >= 0.3 is 0 Å². The van der Waals surface area contributed by atoms with E-state index in [1.807, 2.05) is 33.0 Å². The van der Waals surface area contributed by atoms with Crippen molar-refractivity contribution in [2.24, 2.45) is 0 Å². The predicted octanol–water partition coefficient (Wildman–Crippen LogP) is -0.721. The molecule has 0 fully saturated rings. The first-order chi connectivity index (χ1) is 11.4. The number of carbonyl (C=O) groups is 2. The van der Waals surface area contributed by atoms with Gasteiger partial charge in [-0.05, 0) is 31.5 Å². The Morgan fingerprint density at radius 2 is 1.71 bits per heavy atom. The van der Waals surface area contributed by atoms with Crippen molar-refractivity contribution in [2.75, 3.05) is 40.9 Å². The SMILES string of the molecule is CCNC(=O)CNC(=O)C[NH+](C)Cc1cc(OC)c(OC)cc1C. The molecule has 134 valence electrons. The van der Waals surface area contributed by atoms with E-state index in [4.69, 9.17) is 9.47 Å². The van der Waals surface area contributed by atoms with E-state index in [0.717, 1.165) is 16.0 Å². The number of amides is 2. The van der Waals surface area contributed by atoms with Crippen molar-refractivity contribution in [3.8, 4) is 11.5 Å². The molecule has 0 spiro atoms. The van der Waals surface area contributed by atoms with Gasteiger partial charge in [-0.2, -0.15) is 0 Å². The van der Waals surface area contributed by atoms with Gasteiger partial charge in [-0.25, -0.2) is 0 Å². The fraction of sp³-hybridized carbons (Fsp3) is 0.529. The third-order valence-electron chi connectivity index (χ3n) is 3.62. The second-order valence-corrected chi connectivity index (χ2v) is 5.67. The number of carbonyl (C=O) groups excluding carboxylic acids is 2. The topological polar surface area (TPSA) is 81.1 Å². The van der Waals surface area contributed by atoms with Gasteiger partial charge in [0.25, 0.3) is 5.91 Å². The van der Waals surface area contributed by atoms with Crippen LogP contribution in [0.5, 0.6) is 11.5 Å². The summed E-state index contributed by atoms with van der Waals surface area (Å²) in [7, 11) is 5.14. The highest BCUT2D eigenvalue weighted by atomic mass is 16.5. The van der Waals surface area contributed by atoms with Crippen LogP contribution in [0.25, 0.3) is 0 Å². The van der Waals surface area contributed by atoms with Crippen LogP contribution >= 0.6 is 0 Å². The molecule has 0 heterocycles. The fourth-order valence-corrected chi connectivity index (χ4v) is 2.38. The van der Waals surface area contributed by atoms with Gasteiger partial charge in [-0.15, -0.1) is 0 Å². The molecule has 1 unspecified atom stereocenters. The van der Waals surface area contributed by atoms with Crippen molar-refractivity contribution >= 4 is 11.8 Å². The van der Waals surface area contributed by atoms with Crippen molar-refractivity contribution < 1.29 is 24.0 Å². The number of nitrogens with one attached hydrogen (secondary N) is 3. The molecule has 24 heavy (non-hydrogen) atoms. The molecular weight excluding hydrogens is 310 g/mol. The lowest BCUT2D eigenvalue weighted by molar-refractivity contribution is -0.885. The van der Waals surface area contributed by atoms with Crippen molar-refractivity contribution in [3.63, 3.8) is 0 Å². The zero-order valence-electron chi connectivity index (χ0n) is 15.1. The van der Waals surface area contributed by atoms with E-state index in [2.05, 4.69) is 10.6 Å². The Kier molecular flexibility index (Phi) is 8.05. The minimum atomic E-state index is -0.181. The molecule has 7 nitrogen and oxygen atoms in total. The number of hydrogen-bond acceptors (Lipinski definition) is 4. The molecule has 1 atom stereocenters. The van der Waals surface area contributed by atoms with E-state index < -0.39 is 0 Å². The average molecular weight is 338 g/mol. The fourth-order valence-electron chi connectivity index (χ4n) is 2.38. The van der Waals surface area contributed by atoms with Gasteiger partial charge in [0.2, 0.25) is 5.91 Å². The lowest BCUT2D eigenvalue weighted by Crippen LogP contribution is -3.09. The van der Waals surface area contributed by atoms with Gasteiger partial charge in [-0.3, -0.25) is 9.59 Å². The maximum absolute atomic E-state index is 11.9. The van der Waals surface area contributed by atoms with Crippen LogP contribution < -0.4 is 25.0 Å². The molecule has 0 saturated heterocycles. The monoisotopic (exact) mass is 338 g/mol. The molecule has 2 amide bonds. The molecule has 1 aromatic carbocycles. The Morgan fingerprint density at radius 1 is 1.08 bits per heavy atom. The van der Waals surface area contributed by atoms with Crippen LogP contribution in [0.2, 0.25) is 0 Å². The summed E-state index contributed by atoms with van der Waals surface area (Å²) >= 11 is 0. The van der Waals surface area contributed by atoms with Crippen molar-refractivity contribution in [2.45, 2.75) is 20.4 Å². The largest absolute Gasteiger partial charge is 0.493 e. The first kappa shape index (κ1) is 19.8. The van der Waals surface area contributed by atoms with Gasteiger partial charge in [0, 0.05) is 12.1 Å². The van der Waals surface area contributed by atoms with E-state index in [1.165, 1.54) is 0 Å². The van der Waals surface area contributed by atoms with E-state index in [0.29, 0.717) is 24.6 Å². The van der Waals surface area contributed by atoms with Crippen LogP contribution in [0, 0.1) is 6.92 Å². The molecular formula is C17H28N3O4+. The van der Waals surface area contributed by atoms with Crippen LogP contribution in [-0.4, -0.2) is 52.7 Å². The van der Waals surface area contributed by atoms with E-state index in [1.54, 1.807) is 14.2 Å². The number of aryl methyl sites for hydroxylation is 1. The van der Waals surface area contributed by atoms with Gasteiger partial charge in [-0.1, -0.05) is 0 Å². The summed E-state index contributed by atoms with van der Waals surface area (Å²) in [4.78, 5) is 24.3. The molecule has 1 rings (SSSR count). The summed E-state index contributed by atoms with van der Waals surface area (Å²) in [6, 6.07) is 3.86. The highest BCUT2D eigenvalue weighted by Gasteiger charge is 2.15. The standard InChI is InChI=1S/C17H27N3O4/c1-6-18-16(21)9-19-17(22)11-20(3)10-13-8-15(24-5)14(23-4)7-12(13)2/h7-8H,6,9-11H2,1-5H3,(H,18,21)(H,19,22)/p+1. The quantitative estimate of drug-likeness (QED) is 0.555. The molecule has 0 aliphatic rings. The number of hydrogen-bond donors (Lipinski definition) is 3. The Morgan fingerprint density at radius 3 is 2.29 bits per heavy atom. The van der Waals surface area contributed by atoms with Crippen LogP contribution in [0.15, 0.2) is 12.1 Å². The van der Waals surface area contributed by atoms with Crippen molar-refractivity contribution in [1.82, 2.24) is 10.6 Å². The molecule has 0 aliphatic heterocycles. The van der Waals surface area contributed by atoms with Gasteiger partial charge in [0.1, 0.15) is 6.54 Å². The highest BCUT2D eigenvalue weighted by molar-refractivity contribution is 5.84. The Bertz CT molecular complexity index is 575. The zero-order chi connectivity index (χ0) is 18.1.